The van der Waals surface area contributed by atoms with Gasteiger partial charge in [0.1, 0.15) is 0 Å². The first-order valence-corrected chi connectivity index (χ1v) is 6.91. The summed E-state index contributed by atoms with van der Waals surface area (Å²) in [5.74, 6) is 0. The molecule has 2 aromatic rings. The second-order valence-electron chi connectivity index (χ2n) is 4.68. The molecule has 0 aliphatic carbocycles. The van der Waals surface area contributed by atoms with E-state index in [1.165, 1.54) is 23.2 Å². The number of aromatic nitrogens is 1. The van der Waals surface area contributed by atoms with Crippen LogP contribution in [-0.2, 0) is 13.0 Å². The number of nitrogens with zero attached hydrogens (tertiary/aromatic N) is 1. The molecule has 2 N–H and O–H groups in total. The Morgan fingerprint density at radius 1 is 1.26 bits per heavy atom. The lowest BCUT2D eigenvalue weighted by molar-refractivity contribution is 0.825. The van der Waals surface area contributed by atoms with Crippen LogP contribution in [0.1, 0.15) is 17.5 Å². The summed E-state index contributed by atoms with van der Waals surface area (Å²) in [5, 5.41) is 7.35. The monoisotopic (exact) mass is 273 g/mol. The van der Waals surface area contributed by atoms with E-state index in [1.807, 2.05) is 12.1 Å². The van der Waals surface area contributed by atoms with Gasteiger partial charge in [0.2, 0.25) is 0 Å². The van der Waals surface area contributed by atoms with E-state index in [1.54, 1.807) is 6.20 Å². The molecule has 1 aliphatic rings. The Kier molecular flexibility index (Phi) is 3.56. The molecule has 0 fully saturated rings. The molecule has 4 heteroatoms. The van der Waals surface area contributed by atoms with Crippen molar-refractivity contribution >= 4 is 23.0 Å². The van der Waals surface area contributed by atoms with Crippen LogP contribution >= 0.6 is 11.6 Å². The Hall–Kier alpha value is -1.74. The Morgan fingerprint density at radius 3 is 3.11 bits per heavy atom. The molecular weight excluding hydrogens is 258 g/mol. The van der Waals surface area contributed by atoms with Crippen LogP contribution in [0, 0.1) is 0 Å². The molecule has 1 aromatic heterocycles. The van der Waals surface area contributed by atoms with Gasteiger partial charge in [-0.1, -0.05) is 29.8 Å². The van der Waals surface area contributed by atoms with Crippen LogP contribution in [0.4, 0.5) is 11.4 Å². The first-order valence-electron chi connectivity index (χ1n) is 6.53. The quantitative estimate of drug-likeness (QED) is 0.837. The number of hydrogen-bond donors (Lipinski definition) is 2. The lowest BCUT2D eigenvalue weighted by atomic mass is 9.99. The van der Waals surface area contributed by atoms with Crippen LogP contribution in [0.15, 0.2) is 36.5 Å². The second kappa shape index (κ2) is 5.49. The summed E-state index contributed by atoms with van der Waals surface area (Å²) < 4.78 is 0. The molecule has 0 unspecified atom stereocenters. The number of nitrogens with one attached hydrogen (secondary N) is 2. The van der Waals surface area contributed by atoms with Crippen molar-refractivity contribution in [1.29, 1.82) is 0 Å². The van der Waals surface area contributed by atoms with E-state index < -0.39 is 0 Å². The highest BCUT2D eigenvalue weighted by Crippen LogP contribution is 2.27. The standard InChI is InChI=1S/C15H16ClN3/c16-15-13(7-3-9-18-15)19-10-12-5-1-4-11-6-2-8-17-14(11)12/h1,3-5,7,9,17,19H,2,6,8,10H2. The van der Waals surface area contributed by atoms with E-state index in [9.17, 15) is 0 Å². The normalized spacial score (nSPS) is 13.5. The molecule has 0 atom stereocenters. The van der Waals surface area contributed by atoms with Gasteiger partial charge in [-0.25, -0.2) is 4.98 Å². The molecule has 3 rings (SSSR count). The first-order chi connectivity index (χ1) is 9.34. The summed E-state index contributed by atoms with van der Waals surface area (Å²) in [7, 11) is 0. The number of anilines is 2. The summed E-state index contributed by atoms with van der Waals surface area (Å²) in [5.41, 5.74) is 4.83. The van der Waals surface area contributed by atoms with Gasteiger partial charge in [0, 0.05) is 25.0 Å². The van der Waals surface area contributed by atoms with Crippen LogP contribution < -0.4 is 10.6 Å². The zero-order chi connectivity index (χ0) is 13.1. The molecule has 2 heterocycles. The van der Waals surface area contributed by atoms with Crippen molar-refractivity contribution in [3.05, 3.63) is 52.8 Å². The topological polar surface area (TPSA) is 37.0 Å². The van der Waals surface area contributed by atoms with E-state index >= 15 is 0 Å². The van der Waals surface area contributed by atoms with Crippen LogP contribution in [0.5, 0.6) is 0 Å². The van der Waals surface area contributed by atoms with Crippen molar-refractivity contribution in [1.82, 2.24) is 4.98 Å². The average molecular weight is 274 g/mol. The largest absolute Gasteiger partial charge is 0.385 e. The third-order valence-electron chi connectivity index (χ3n) is 3.39. The van der Waals surface area contributed by atoms with Gasteiger partial charge in [-0.05, 0) is 36.1 Å². The Morgan fingerprint density at radius 2 is 2.21 bits per heavy atom. The van der Waals surface area contributed by atoms with Crippen LogP contribution in [0.25, 0.3) is 0 Å². The molecule has 19 heavy (non-hydrogen) atoms. The van der Waals surface area contributed by atoms with Gasteiger partial charge in [-0.2, -0.15) is 0 Å². The third kappa shape index (κ3) is 2.66. The maximum absolute atomic E-state index is 6.04. The highest BCUT2D eigenvalue weighted by Gasteiger charge is 2.12. The van der Waals surface area contributed by atoms with E-state index in [0.29, 0.717) is 5.15 Å². The van der Waals surface area contributed by atoms with E-state index in [2.05, 4.69) is 33.8 Å². The minimum Gasteiger partial charge on any atom is -0.385 e. The Balaban J connectivity index is 1.79. The molecule has 98 valence electrons. The number of aryl methyl sites for hydroxylation is 1. The maximum atomic E-state index is 6.04. The van der Waals surface area contributed by atoms with Crippen LogP contribution in [0.3, 0.4) is 0 Å². The molecule has 0 amide bonds. The van der Waals surface area contributed by atoms with Crippen molar-refractivity contribution in [3.63, 3.8) is 0 Å². The molecule has 0 spiro atoms. The lowest BCUT2D eigenvalue weighted by Crippen LogP contribution is -2.15. The van der Waals surface area contributed by atoms with E-state index in [0.717, 1.165) is 25.2 Å². The summed E-state index contributed by atoms with van der Waals surface area (Å²) in [6, 6.07) is 10.3. The van der Waals surface area contributed by atoms with Crippen molar-refractivity contribution < 1.29 is 0 Å². The highest BCUT2D eigenvalue weighted by molar-refractivity contribution is 6.31. The van der Waals surface area contributed by atoms with Gasteiger partial charge >= 0.3 is 0 Å². The molecule has 0 saturated carbocycles. The minimum absolute atomic E-state index is 0.514. The fraction of sp³-hybridized carbons (Fsp3) is 0.267. The first kappa shape index (κ1) is 12.3. The van der Waals surface area contributed by atoms with Gasteiger partial charge in [0.15, 0.2) is 5.15 Å². The molecular formula is C15H16ClN3. The number of rotatable bonds is 3. The number of para-hydroxylation sites is 1. The molecule has 0 saturated heterocycles. The SMILES string of the molecule is Clc1ncccc1NCc1cccc2c1NCCC2. The van der Waals surface area contributed by atoms with Gasteiger partial charge < -0.3 is 10.6 Å². The number of benzene rings is 1. The number of halogens is 1. The number of fused-ring (bicyclic) bond motifs is 1. The number of hydrogen-bond acceptors (Lipinski definition) is 3. The van der Waals surface area contributed by atoms with Crippen LogP contribution in [-0.4, -0.2) is 11.5 Å². The Labute approximate surface area is 118 Å². The molecule has 3 nitrogen and oxygen atoms in total. The molecule has 1 aliphatic heterocycles. The summed E-state index contributed by atoms with van der Waals surface area (Å²) in [6.45, 7) is 1.80. The lowest BCUT2D eigenvalue weighted by Gasteiger charge is -2.21. The fourth-order valence-electron chi connectivity index (χ4n) is 2.44. The Bertz CT molecular complexity index is 583. The van der Waals surface area contributed by atoms with Gasteiger partial charge in [0.25, 0.3) is 0 Å². The van der Waals surface area contributed by atoms with Crippen molar-refractivity contribution in [3.8, 4) is 0 Å². The summed E-state index contributed by atoms with van der Waals surface area (Å²) in [6.07, 6.45) is 4.06. The average Bonchev–Trinajstić information content (AvgIpc) is 2.46. The number of pyridine rings is 1. The van der Waals surface area contributed by atoms with Crippen molar-refractivity contribution in [2.24, 2.45) is 0 Å². The fourth-order valence-corrected chi connectivity index (χ4v) is 2.62. The van der Waals surface area contributed by atoms with E-state index in [-0.39, 0.29) is 0 Å². The molecule has 0 radical (unpaired) electrons. The molecule has 0 bridgehead atoms. The smallest absolute Gasteiger partial charge is 0.152 e. The second-order valence-corrected chi connectivity index (χ2v) is 5.03. The van der Waals surface area contributed by atoms with Crippen molar-refractivity contribution in [2.75, 3.05) is 17.2 Å². The minimum atomic E-state index is 0.514. The highest BCUT2D eigenvalue weighted by atomic mass is 35.5. The summed E-state index contributed by atoms with van der Waals surface area (Å²) >= 11 is 6.04. The van der Waals surface area contributed by atoms with Gasteiger partial charge in [-0.15, -0.1) is 0 Å². The zero-order valence-electron chi connectivity index (χ0n) is 10.6. The van der Waals surface area contributed by atoms with Gasteiger partial charge in [-0.3, -0.25) is 0 Å². The summed E-state index contributed by atoms with van der Waals surface area (Å²) in [4.78, 5) is 4.07. The third-order valence-corrected chi connectivity index (χ3v) is 3.69. The predicted octanol–water partition coefficient (Wildman–Crippen LogP) is 3.71. The van der Waals surface area contributed by atoms with Crippen molar-refractivity contribution in [2.45, 2.75) is 19.4 Å². The molecule has 1 aromatic carbocycles. The van der Waals surface area contributed by atoms with E-state index in [4.69, 9.17) is 11.6 Å². The zero-order valence-corrected chi connectivity index (χ0v) is 11.4. The maximum Gasteiger partial charge on any atom is 0.152 e. The predicted molar refractivity (Wildman–Crippen MR) is 79.8 cm³/mol. The van der Waals surface area contributed by atoms with Gasteiger partial charge in [0.05, 0.1) is 5.69 Å². The van der Waals surface area contributed by atoms with Crippen LogP contribution in [0.2, 0.25) is 5.15 Å².